The molecule has 37 heavy (non-hydrogen) atoms. The number of nitrogens with zero attached hydrogens (tertiary/aromatic N) is 4. The average Bonchev–Trinajstić information content (AvgIpc) is 3.27. The number of anilines is 3. The number of amides is 1. The zero-order valence-corrected chi connectivity index (χ0v) is 19.8. The van der Waals surface area contributed by atoms with E-state index in [1.807, 2.05) is 19.1 Å². The molecule has 0 fully saturated rings. The highest BCUT2D eigenvalue weighted by atomic mass is 19.1. The number of carbonyl (C=O) groups is 1. The van der Waals surface area contributed by atoms with Crippen LogP contribution in [0.2, 0.25) is 0 Å². The standard InChI is InChI=1S/C25H22F3N7O2/c1-3-35-21-6-4-5-20(18(21)12-30-35)32-23-15(11-29)9-19(28)24(34-23)33-22(13(2)31-25(36)37)14-7-16(26)10-17(27)8-14/h4-10,12-13,22,31H,3H2,1-2H3,(H,36,37)(H2,32,33,34)/t13-,22-/m0/s1. The van der Waals surface area contributed by atoms with Crippen molar-refractivity contribution in [3.63, 3.8) is 0 Å². The Hall–Kier alpha value is -4.79. The highest BCUT2D eigenvalue weighted by Crippen LogP contribution is 2.31. The molecule has 0 spiro atoms. The summed E-state index contributed by atoms with van der Waals surface area (Å²) in [6.07, 6.45) is 0.274. The van der Waals surface area contributed by atoms with E-state index in [0.717, 1.165) is 29.1 Å². The van der Waals surface area contributed by atoms with Crippen LogP contribution in [0.5, 0.6) is 0 Å². The van der Waals surface area contributed by atoms with Gasteiger partial charge in [-0.05, 0) is 49.7 Å². The molecule has 9 nitrogen and oxygen atoms in total. The van der Waals surface area contributed by atoms with Crippen molar-refractivity contribution < 1.29 is 23.1 Å². The molecule has 190 valence electrons. The normalized spacial score (nSPS) is 12.5. The van der Waals surface area contributed by atoms with E-state index in [1.165, 1.54) is 6.92 Å². The van der Waals surface area contributed by atoms with E-state index in [9.17, 15) is 18.8 Å². The number of pyridine rings is 1. The minimum atomic E-state index is -1.38. The summed E-state index contributed by atoms with van der Waals surface area (Å²) in [6.45, 7) is 4.03. The van der Waals surface area contributed by atoms with Gasteiger partial charge < -0.3 is 21.1 Å². The van der Waals surface area contributed by atoms with E-state index in [0.29, 0.717) is 18.3 Å². The fourth-order valence-corrected chi connectivity index (χ4v) is 4.04. The van der Waals surface area contributed by atoms with Gasteiger partial charge in [0.25, 0.3) is 0 Å². The smallest absolute Gasteiger partial charge is 0.404 e. The van der Waals surface area contributed by atoms with Crippen molar-refractivity contribution in [1.82, 2.24) is 20.1 Å². The summed E-state index contributed by atoms with van der Waals surface area (Å²) in [7, 11) is 0. The van der Waals surface area contributed by atoms with Gasteiger partial charge in [-0.15, -0.1) is 0 Å². The highest BCUT2D eigenvalue weighted by Gasteiger charge is 2.25. The number of aromatic nitrogens is 3. The second-order valence-corrected chi connectivity index (χ2v) is 8.21. The van der Waals surface area contributed by atoms with E-state index in [2.05, 4.69) is 26.0 Å². The molecule has 2 heterocycles. The molecule has 0 bridgehead atoms. The van der Waals surface area contributed by atoms with Gasteiger partial charge >= 0.3 is 6.09 Å². The number of hydrogen-bond donors (Lipinski definition) is 4. The van der Waals surface area contributed by atoms with Gasteiger partial charge in [-0.3, -0.25) is 4.68 Å². The summed E-state index contributed by atoms with van der Waals surface area (Å²) in [4.78, 5) is 15.5. The van der Waals surface area contributed by atoms with Gasteiger partial charge in [0.15, 0.2) is 17.5 Å². The monoisotopic (exact) mass is 509 g/mol. The molecule has 2 aromatic carbocycles. The van der Waals surface area contributed by atoms with Crippen LogP contribution in [-0.4, -0.2) is 32.0 Å². The summed E-state index contributed by atoms with van der Waals surface area (Å²) < 4.78 is 44.7. The quantitative estimate of drug-likeness (QED) is 0.254. The predicted octanol–water partition coefficient (Wildman–Crippen LogP) is 5.29. The van der Waals surface area contributed by atoms with Gasteiger partial charge in [-0.25, -0.2) is 22.9 Å². The molecule has 1 amide bonds. The summed E-state index contributed by atoms with van der Waals surface area (Å²) in [6, 6.07) is 8.89. The van der Waals surface area contributed by atoms with Crippen molar-refractivity contribution in [2.24, 2.45) is 0 Å². The molecular formula is C25H22F3N7O2. The molecule has 4 aromatic rings. The fraction of sp³-hybridized carbons (Fsp3) is 0.200. The van der Waals surface area contributed by atoms with Gasteiger partial charge in [0, 0.05) is 18.0 Å². The lowest BCUT2D eigenvalue weighted by Gasteiger charge is -2.26. The number of rotatable bonds is 8. The number of nitrogens with one attached hydrogen (secondary N) is 3. The molecule has 12 heteroatoms. The van der Waals surface area contributed by atoms with Gasteiger partial charge in [-0.1, -0.05) is 6.07 Å². The summed E-state index contributed by atoms with van der Waals surface area (Å²) in [5.41, 5.74) is 1.35. The van der Waals surface area contributed by atoms with Gasteiger partial charge in [0.1, 0.15) is 17.7 Å². The molecule has 0 unspecified atom stereocenters. The van der Waals surface area contributed by atoms with E-state index in [1.54, 1.807) is 23.0 Å². The molecule has 0 saturated heterocycles. The molecular weight excluding hydrogens is 487 g/mol. The topological polar surface area (TPSA) is 128 Å². The van der Waals surface area contributed by atoms with Crippen LogP contribution in [-0.2, 0) is 6.54 Å². The maximum absolute atomic E-state index is 15.0. The lowest BCUT2D eigenvalue weighted by atomic mass is 10.00. The number of carboxylic acid groups (broad SMARTS) is 1. The molecule has 4 rings (SSSR count). The summed E-state index contributed by atoms with van der Waals surface area (Å²) in [5.74, 6) is -3.03. The Labute approximate surface area is 209 Å². The van der Waals surface area contributed by atoms with Crippen LogP contribution in [0.15, 0.2) is 48.7 Å². The lowest BCUT2D eigenvalue weighted by Crippen LogP contribution is -2.39. The van der Waals surface area contributed by atoms with Crippen LogP contribution in [0.1, 0.15) is 31.0 Å². The summed E-state index contributed by atoms with van der Waals surface area (Å²) in [5, 5.41) is 31.8. The number of fused-ring (bicyclic) bond motifs is 1. The Bertz CT molecular complexity index is 1500. The lowest BCUT2D eigenvalue weighted by molar-refractivity contribution is 0.189. The van der Waals surface area contributed by atoms with Crippen molar-refractivity contribution in [3.05, 3.63) is 77.2 Å². The Kier molecular flexibility index (Phi) is 7.15. The van der Waals surface area contributed by atoms with E-state index < -0.39 is 35.6 Å². The number of hydrogen-bond acceptors (Lipinski definition) is 6. The van der Waals surface area contributed by atoms with E-state index >= 15 is 4.39 Å². The van der Waals surface area contributed by atoms with Gasteiger partial charge in [-0.2, -0.15) is 10.4 Å². The van der Waals surface area contributed by atoms with Crippen molar-refractivity contribution in [2.75, 3.05) is 10.6 Å². The molecule has 0 aliphatic carbocycles. The minimum Gasteiger partial charge on any atom is -0.465 e. The molecule has 0 aliphatic rings. The van der Waals surface area contributed by atoms with E-state index in [-0.39, 0.29) is 22.8 Å². The molecule has 0 saturated carbocycles. The van der Waals surface area contributed by atoms with E-state index in [4.69, 9.17) is 5.11 Å². The maximum Gasteiger partial charge on any atom is 0.404 e. The molecule has 0 aliphatic heterocycles. The first-order valence-electron chi connectivity index (χ1n) is 11.2. The summed E-state index contributed by atoms with van der Waals surface area (Å²) >= 11 is 0. The van der Waals surface area contributed by atoms with Crippen molar-refractivity contribution >= 4 is 34.3 Å². The number of benzene rings is 2. The SMILES string of the molecule is CCn1ncc2c(Nc3nc(N[C@H](c4cc(F)cc(F)c4)[C@H](C)NC(=O)O)c(F)cc3C#N)cccc21. The number of halogens is 3. The van der Waals surface area contributed by atoms with Crippen molar-refractivity contribution in [3.8, 4) is 6.07 Å². The first kappa shape index (κ1) is 25.3. The van der Waals surface area contributed by atoms with Crippen molar-refractivity contribution in [1.29, 1.82) is 5.26 Å². The highest BCUT2D eigenvalue weighted by molar-refractivity contribution is 5.93. The largest absolute Gasteiger partial charge is 0.465 e. The number of aryl methyl sites for hydroxylation is 1. The third kappa shape index (κ3) is 5.40. The Morgan fingerprint density at radius 2 is 1.89 bits per heavy atom. The fourth-order valence-electron chi connectivity index (χ4n) is 4.04. The maximum atomic E-state index is 15.0. The first-order chi connectivity index (χ1) is 17.7. The molecule has 4 N–H and O–H groups in total. The Balaban J connectivity index is 1.75. The predicted molar refractivity (Wildman–Crippen MR) is 131 cm³/mol. The van der Waals surface area contributed by atoms with Crippen LogP contribution >= 0.6 is 0 Å². The van der Waals surface area contributed by atoms with Crippen LogP contribution in [0, 0.1) is 28.8 Å². The zero-order valence-electron chi connectivity index (χ0n) is 19.8. The van der Waals surface area contributed by atoms with Crippen LogP contribution < -0.4 is 16.0 Å². The van der Waals surface area contributed by atoms with Gasteiger partial charge in [0.05, 0.1) is 35.0 Å². The first-order valence-corrected chi connectivity index (χ1v) is 11.2. The van der Waals surface area contributed by atoms with Crippen LogP contribution in [0.3, 0.4) is 0 Å². The van der Waals surface area contributed by atoms with Crippen LogP contribution in [0.4, 0.5) is 35.3 Å². The molecule has 0 radical (unpaired) electrons. The zero-order chi connectivity index (χ0) is 26.7. The average molecular weight is 509 g/mol. The van der Waals surface area contributed by atoms with Crippen molar-refractivity contribution in [2.45, 2.75) is 32.5 Å². The Morgan fingerprint density at radius 3 is 2.54 bits per heavy atom. The second-order valence-electron chi connectivity index (χ2n) is 8.21. The Morgan fingerprint density at radius 1 is 1.16 bits per heavy atom. The third-order valence-electron chi connectivity index (χ3n) is 5.72. The second kappa shape index (κ2) is 10.4. The minimum absolute atomic E-state index is 0.0196. The number of nitriles is 1. The molecule has 2 atom stereocenters. The molecule has 2 aromatic heterocycles. The van der Waals surface area contributed by atoms with Crippen LogP contribution in [0.25, 0.3) is 10.9 Å². The third-order valence-corrected chi connectivity index (χ3v) is 5.72. The van der Waals surface area contributed by atoms with Gasteiger partial charge in [0.2, 0.25) is 0 Å².